The van der Waals surface area contributed by atoms with Gasteiger partial charge >= 0.3 is 0 Å². The Hall–Kier alpha value is -2.36. The third-order valence-electron chi connectivity index (χ3n) is 5.67. The van der Waals surface area contributed by atoms with Crippen molar-refractivity contribution in [2.24, 2.45) is 10.7 Å². The van der Waals surface area contributed by atoms with Gasteiger partial charge in [-0.2, -0.15) is 5.26 Å². The first-order valence-electron chi connectivity index (χ1n) is 8.70. The minimum absolute atomic E-state index is 0.122. The van der Waals surface area contributed by atoms with Crippen LogP contribution >= 0.6 is 22.9 Å². The number of benzene rings is 1. The topological polar surface area (TPSA) is 82.5 Å². The molecule has 27 heavy (non-hydrogen) atoms. The summed E-state index contributed by atoms with van der Waals surface area (Å²) in [6, 6.07) is 12.0. The summed E-state index contributed by atoms with van der Waals surface area (Å²) in [6.45, 7) is 1.90. The summed E-state index contributed by atoms with van der Waals surface area (Å²) in [7, 11) is 1.63. The van der Waals surface area contributed by atoms with Gasteiger partial charge in [-0.1, -0.05) is 35.9 Å². The average Bonchev–Trinajstić information content (AvgIpc) is 3.34. The Labute approximate surface area is 167 Å². The molecular formula is C20H19ClN4OS. The molecule has 2 atom stereocenters. The standard InChI is InChI=1S/C20H19ClN4OS/c1-19(16-14(21)7-10-27-16)15(17(26)25(2)18(23)24-19)12-3-5-13(6-4-12)20(11-22)8-9-20/h3-7,10,15H,8-9H2,1-2H3,(H2,23,24)/t15-,19-/m0/s1. The predicted octanol–water partition coefficient (Wildman–Crippen LogP) is 3.74. The summed E-state index contributed by atoms with van der Waals surface area (Å²) in [6.07, 6.45) is 1.77. The molecule has 0 spiro atoms. The van der Waals surface area contributed by atoms with Crippen molar-refractivity contribution in [1.82, 2.24) is 4.90 Å². The van der Waals surface area contributed by atoms with Crippen molar-refractivity contribution in [2.45, 2.75) is 36.6 Å². The number of amides is 1. The number of halogens is 1. The van der Waals surface area contributed by atoms with Crippen LogP contribution in [-0.2, 0) is 15.7 Å². The zero-order valence-electron chi connectivity index (χ0n) is 15.1. The van der Waals surface area contributed by atoms with Gasteiger partial charge in [0.25, 0.3) is 0 Å². The van der Waals surface area contributed by atoms with E-state index < -0.39 is 11.5 Å². The van der Waals surface area contributed by atoms with Crippen LogP contribution in [0, 0.1) is 11.3 Å². The van der Waals surface area contributed by atoms with Crippen LogP contribution in [0.15, 0.2) is 40.7 Å². The minimum Gasteiger partial charge on any atom is -0.369 e. The lowest BCUT2D eigenvalue weighted by Gasteiger charge is -2.40. The first kappa shape index (κ1) is 18.0. The van der Waals surface area contributed by atoms with Crippen molar-refractivity contribution in [3.05, 3.63) is 56.7 Å². The van der Waals surface area contributed by atoms with Crippen LogP contribution in [0.2, 0.25) is 5.02 Å². The van der Waals surface area contributed by atoms with Gasteiger partial charge in [0.1, 0.15) is 5.54 Å². The Balaban J connectivity index is 1.82. The lowest BCUT2D eigenvalue weighted by atomic mass is 9.77. The molecular weight excluding hydrogens is 380 g/mol. The largest absolute Gasteiger partial charge is 0.369 e. The van der Waals surface area contributed by atoms with E-state index in [1.54, 1.807) is 7.05 Å². The fourth-order valence-electron chi connectivity index (χ4n) is 3.81. The maximum Gasteiger partial charge on any atom is 0.239 e. The molecule has 5 nitrogen and oxygen atoms in total. The van der Waals surface area contributed by atoms with E-state index in [1.165, 1.54) is 16.2 Å². The number of hydrogen-bond acceptors (Lipinski definition) is 5. The van der Waals surface area contributed by atoms with E-state index >= 15 is 0 Å². The van der Waals surface area contributed by atoms with Crippen LogP contribution in [0.5, 0.6) is 0 Å². The summed E-state index contributed by atoms with van der Waals surface area (Å²) in [5.41, 5.74) is 6.64. The van der Waals surface area contributed by atoms with Crippen molar-refractivity contribution >= 4 is 34.8 Å². The second kappa shape index (κ2) is 6.08. The number of rotatable bonds is 3. The van der Waals surface area contributed by atoms with E-state index in [0.717, 1.165) is 28.8 Å². The lowest BCUT2D eigenvalue weighted by Crippen LogP contribution is -2.52. The molecule has 2 aromatic rings. The number of nitrogens with two attached hydrogens (primary N) is 1. The number of thiophene rings is 1. The molecule has 0 radical (unpaired) electrons. The van der Waals surface area contributed by atoms with Gasteiger partial charge in [-0.3, -0.25) is 9.69 Å². The van der Waals surface area contributed by atoms with E-state index in [-0.39, 0.29) is 17.3 Å². The molecule has 1 aromatic heterocycles. The molecule has 1 amide bonds. The SMILES string of the molecule is CN1C(=O)[C@H](c2ccc(C3(C#N)CC3)cc2)[C@@](C)(c2sccc2Cl)N=C1N. The van der Waals surface area contributed by atoms with Gasteiger partial charge in [0.05, 0.1) is 27.3 Å². The van der Waals surface area contributed by atoms with Gasteiger partial charge in [-0.25, -0.2) is 4.99 Å². The molecule has 0 unspecified atom stereocenters. The molecule has 0 saturated heterocycles. The Kier molecular flexibility index (Phi) is 4.06. The fraction of sp³-hybridized carbons (Fsp3) is 0.350. The Morgan fingerprint density at radius 1 is 1.33 bits per heavy atom. The molecule has 2 N–H and O–H groups in total. The van der Waals surface area contributed by atoms with Crippen molar-refractivity contribution in [3.63, 3.8) is 0 Å². The van der Waals surface area contributed by atoms with Gasteiger partial charge in [0.2, 0.25) is 5.91 Å². The number of carbonyl (C=O) groups excluding carboxylic acids is 1. The monoisotopic (exact) mass is 398 g/mol. The third kappa shape index (κ3) is 2.65. The Bertz CT molecular complexity index is 986. The Morgan fingerprint density at radius 2 is 2.00 bits per heavy atom. The van der Waals surface area contributed by atoms with Crippen molar-refractivity contribution < 1.29 is 4.79 Å². The van der Waals surface area contributed by atoms with Crippen LogP contribution < -0.4 is 5.73 Å². The average molecular weight is 399 g/mol. The van der Waals surface area contributed by atoms with E-state index in [4.69, 9.17) is 17.3 Å². The lowest BCUT2D eigenvalue weighted by molar-refractivity contribution is -0.130. The van der Waals surface area contributed by atoms with Gasteiger partial charge < -0.3 is 5.73 Å². The second-order valence-corrected chi connectivity index (χ2v) is 8.68. The minimum atomic E-state index is -0.882. The summed E-state index contributed by atoms with van der Waals surface area (Å²) in [5.74, 6) is -0.484. The quantitative estimate of drug-likeness (QED) is 0.854. The maximum absolute atomic E-state index is 13.2. The number of carbonyl (C=O) groups is 1. The van der Waals surface area contributed by atoms with Gasteiger partial charge in [0, 0.05) is 7.05 Å². The molecule has 1 saturated carbocycles. The number of aliphatic imine (C=N–C) groups is 1. The first-order valence-corrected chi connectivity index (χ1v) is 9.96. The molecule has 7 heteroatoms. The smallest absolute Gasteiger partial charge is 0.239 e. The van der Waals surface area contributed by atoms with Crippen LogP contribution in [-0.4, -0.2) is 23.8 Å². The number of likely N-dealkylation sites (N-methyl/N-ethyl adjacent to an activating group) is 1. The first-order chi connectivity index (χ1) is 12.8. The van der Waals surface area contributed by atoms with Crippen molar-refractivity contribution in [3.8, 4) is 6.07 Å². The highest BCUT2D eigenvalue weighted by atomic mass is 35.5. The van der Waals surface area contributed by atoms with Gasteiger partial charge in [-0.05, 0) is 42.3 Å². The molecule has 1 aliphatic carbocycles. The van der Waals surface area contributed by atoms with Gasteiger partial charge in [-0.15, -0.1) is 11.3 Å². The van der Waals surface area contributed by atoms with E-state index in [1.807, 2.05) is 42.6 Å². The van der Waals surface area contributed by atoms with Crippen molar-refractivity contribution in [1.29, 1.82) is 5.26 Å². The molecule has 2 heterocycles. The predicted molar refractivity (Wildman–Crippen MR) is 107 cm³/mol. The van der Waals surface area contributed by atoms with Crippen LogP contribution in [0.1, 0.15) is 41.7 Å². The molecule has 2 aliphatic rings. The van der Waals surface area contributed by atoms with Crippen LogP contribution in [0.25, 0.3) is 0 Å². The molecule has 1 aliphatic heterocycles. The number of nitriles is 1. The highest BCUT2D eigenvalue weighted by Crippen LogP contribution is 2.50. The molecule has 0 bridgehead atoms. The Morgan fingerprint density at radius 3 is 2.52 bits per heavy atom. The summed E-state index contributed by atoms with van der Waals surface area (Å²) < 4.78 is 0. The van der Waals surface area contributed by atoms with Crippen molar-refractivity contribution in [2.75, 3.05) is 7.05 Å². The van der Waals surface area contributed by atoms with E-state index in [9.17, 15) is 10.1 Å². The molecule has 4 rings (SSSR count). The highest BCUT2D eigenvalue weighted by Gasteiger charge is 2.49. The van der Waals surface area contributed by atoms with E-state index in [2.05, 4.69) is 11.1 Å². The fourth-order valence-corrected chi connectivity index (χ4v) is 5.20. The van der Waals surface area contributed by atoms with Gasteiger partial charge in [0.15, 0.2) is 5.96 Å². The summed E-state index contributed by atoms with van der Waals surface area (Å²) in [4.78, 5) is 20.1. The van der Waals surface area contributed by atoms with E-state index in [0.29, 0.717) is 5.02 Å². The number of nitrogens with zero attached hydrogens (tertiary/aromatic N) is 3. The van der Waals surface area contributed by atoms with Crippen LogP contribution in [0.4, 0.5) is 0 Å². The summed E-state index contributed by atoms with van der Waals surface area (Å²) >= 11 is 7.87. The zero-order valence-corrected chi connectivity index (χ0v) is 16.6. The highest BCUT2D eigenvalue weighted by molar-refractivity contribution is 7.10. The third-order valence-corrected chi connectivity index (χ3v) is 7.24. The molecule has 138 valence electrons. The normalized spacial score (nSPS) is 26.4. The summed E-state index contributed by atoms with van der Waals surface area (Å²) in [5, 5.41) is 11.9. The molecule has 1 aromatic carbocycles. The second-order valence-electron chi connectivity index (χ2n) is 7.36. The maximum atomic E-state index is 13.2. The number of hydrogen-bond donors (Lipinski definition) is 1. The number of guanidine groups is 1. The van der Waals surface area contributed by atoms with Crippen LogP contribution in [0.3, 0.4) is 0 Å². The zero-order chi connectivity index (χ0) is 19.4. The molecule has 1 fully saturated rings.